The van der Waals surface area contributed by atoms with Crippen LogP contribution in [0.3, 0.4) is 0 Å². The molecule has 3 N–H and O–H groups in total. The molecule has 104 valence electrons. The standard InChI is InChI=1S/C14H20ClN3O/c1-4-8(2)7-18(3)12-6-11-9(5-10(12)15)13(16)14(19)17-11/h5-6,8,13H,4,7,16H2,1-3H3,(H,17,19). The van der Waals surface area contributed by atoms with Crippen molar-refractivity contribution >= 4 is 28.9 Å². The van der Waals surface area contributed by atoms with Gasteiger partial charge in [0.15, 0.2) is 0 Å². The van der Waals surface area contributed by atoms with Gasteiger partial charge in [-0.15, -0.1) is 0 Å². The first-order valence-corrected chi connectivity index (χ1v) is 6.92. The fraction of sp³-hybridized carbons (Fsp3) is 0.500. The number of carbonyl (C=O) groups is 1. The minimum absolute atomic E-state index is 0.173. The van der Waals surface area contributed by atoms with Crippen LogP contribution in [-0.2, 0) is 4.79 Å². The van der Waals surface area contributed by atoms with E-state index in [-0.39, 0.29) is 5.91 Å². The number of fused-ring (bicyclic) bond motifs is 1. The van der Waals surface area contributed by atoms with Crippen LogP contribution in [0.25, 0.3) is 0 Å². The second-order valence-corrected chi connectivity index (χ2v) is 5.66. The number of amides is 1. The summed E-state index contributed by atoms with van der Waals surface area (Å²) < 4.78 is 0. The van der Waals surface area contributed by atoms with E-state index in [0.29, 0.717) is 10.9 Å². The van der Waals surface area contributed by atoms with Crippen LogP contribution >= 0.6 is 11.6 Å². The van der Waals surface area contributed by atoms with Crippen LogP contribution in [0, 0.1) is 5.92 Å². The fourth-order valence-corrected chi connectivity index (χ4v) is 2.60. The molecule has 2 atom stereocenters. The van der Waals surface area contributed by atoms with Gasteiger partial charge in [-0.3, -0.25) is 4.79 Å². The van der Waals surface area contributed by atoms with Gasteiger partial charge >= 0.3 is 0 Å². The molecule has 1 heterocycles. The number of halogens is 1. The quantitative estimate of drug-likeness (QED) is 0.892. The average molecular weight is 282 g/mol. The van der Waals surface area contributed by atoms with Crippen molar-refractivity contribution in [2.75, 3.05) is 23.8 Å². The summed E-state index contributed by atoms with van der Waals surface area (Å²) >= 11 is 6.31. The van der Waals surface area contributed by atoms with Crippen LogP contribution in [0.15, 0.2) is 12.1 Å². The Labute approximate surface area is 118 Å². The van der Waals surface area contributed by atoms with Crippen molar-refractivity contribution in [2.24, 2.45) is 11.7 Å². The Balaban J connectivity index is 2.29. The molecule has 19 heavy (non-hydrogen) atoms. The molecule has 1 aliphatic rings. The monoisotopic (exact) mass is 281 g/mol. The molecule has 1 amide bonds. The Kier molecular flexibility index (Phi) is 4.02. The molecule has 0 saturated carbocycles. The molecule has 0 aliphatic carbocycles. The van der Waals surface area contributed by atoms with Crippen LogP contribution in [0.1, 0.15) is 31.9 Å². The predicted octanol–water partition coefficient (Wildman–Crippen LogP) is 2.77. The molecular weight excluding hydrogens is 262 g/mol. The summed E-state index contributed by atoms with van der Waals surface area (Å²) in [5, 5.41) is 3.42. The molecule has 2 unspecified atom stereocenters. The molecule has 5 heteroatoms. The van der Waals surface area contributed by atoms with Gasteiger partial charge in [0.25, 0.3) is 0 Å². The van der Waals surface area contributed by atoms with Gasteiger partial charge in [-0.2, -0.15) is 0 Å². The van der Waals surface area contributed by atoms with Gasteiger partial charge < -0.3 is 16.0 Å². The average Bonchev–Trinajstić information content (AvgIpc) is 2.64. The van der Waals surface area contributed by atoms with E-state index in [1.807, 2.05) is 13.1 Å². The van der Waals surface area contributed by atoms with E-state index in [0.717, 1.165) is 29.9 Å². The highest BCUT2D eigenvalue weighted by molar-refractivity contribution is 6.33. The maximum Gasteiger partial charge on any atom is 0.245 e. The van der Waals surface area contributed by atoms with E-state index >= 15 is 0 Å². The molecule has 0 aromatic heterocycles. The first-order chi connectivity index (χ1) is 8.93. The second-order valence-electron chi connectivity index (χ2n) is 5.25. The molecule has 1 aliphatic heterocycles. The first-order valence-electron chi connectivity index (χ1n) is 6.55. The number of benzene rings is 1. The third kappa shape index (κ3) is 2.69. The van der Waals surface area contributed by atoms with Crippen LogP contribution < -0.4 is 16.0 Å². The molecule has 0 spiro atoms. The lowest BCUT2D eigenvalue weighted by Crippen LogP contribution is -2.24. The lowest BCUT2D eigenvalue weighted by molar-refractivity contribution is -0.116. The minimum atomic E-state index is -0.610. The lowest BCUT2D eigenvalue weighted by Gasteiger charge is -2.24. The zero-order chi connectivity index (χ0) is 14.2. The highest BCUT2D eigenvalue weighted by atomic mass is 35.5. The van der Waals surface area contributed by atoms with Crippen molar-refractivity contribution in [2.45, 2.75) is 26.3 Å². The smallest absolute Gasteiger partial charge is 0.245 e. The number of anilines is 2. The van der Waals surface area contributed by atoms with Gasteiger partial charge in [0.2, 0.25) is 5.91 Å². The van der Waals surface area contributed by atoms with Gasteiger partial charge in [0.05, 0.1) is 10.7 Å². The highest BCUT2D eigenvalue weighted by Crippen LogP contribution is 2.37. The maximum atomic E-state index is 11.6. The van der Waals surface area contributed by atoms with Crippen molar-refractivity contribution in [1.29, 1.82) is 0 Å². The number of nitrogens with two attached hydrogens (primary N) is 1. The second kappa shape index (κ2) is 5.39. The zero-order valence-electron chi connectivity index (χ0n) is 11.5. The molecule has 1 aromatic rings. The molecule has 0 fully saturated rings. The SMILES string of the molecule is CCC(C)CN(C)c1cc2c(cc1Cl)C(N)C(=O)N2. The van der Waals surface area contributed by atoms with Gasteiger partial charge in [-0.05, 0) is 18.1 Å². The van der Waals surface area contributed by atoms with Crippen molar-refractivity contribution in [1.82, 2.24) is 0 Å². The van der Waals surface area contributed by atoms with Crippen molar-refractivity contribution < 1.29 is 4.79 Å². The fourth-order valence-electron chi connectivity index (χ4n) is 2.28. The summed E-state index contributed by atoms with van der Waals surface area (Å²) in [7, 11) is 2.01. The Morgan fingerprint density at radius 2 is 2.21 bits per heavy atom. The van der Waals surface area contributed by atoms with Gasteiger partial charge in [-0.25, -0.2) is 0 Å². The molecule has 0 radical (unpaired) electrons. The Morgan fingerprint density at radius 3 is 2.84 bits per heavy atom. The largest absolute Gasteiger partial charge is 0.373 e. The molecule has 2 rings (SSSR count). The zero-order valence-corrected chi connectivity index (χ0v) is 12.3. The summed E-state index contributed by atoms with van der Waals surface area (Å²) in [6, 6.07) is 3.09. The Hall–Kier alpha value is -1.26. The van der Waals surface area contributed by atoms with E-state index in [1.165, 1.54) is 0 Å². The van der Waals surface area contributed by atoms with Crippen LogP contribution in [0.4, 0.5) is 11.4 Å². The number of hydrogen-bond donors (Lipinski definition) is 2. The molecular formula is C14H20ClN3O. The van der Waals surface area contributed by atoms with Gasteiger partial charge in [0, 0.05) is 24.8 Å². The predicted molar refractivity (Wildman–Crippen MR) is 79.7 cm³/mol. The summed E-state index contributed by atoms with van der Waals surface area (Å²) in [6.07, 6.45) is 1.12. The lowest BCUT2D eigenvalue weighted by atomic mass is 10.1. The van der Waals surface area contributed by atoms with Crippen molar-refractivity contribution in [3.05, 3.63) is 22.7 Å². The van der Waals surface area contributed by atoms with Crippen molar-refractivity contribution in [3.63, 3.8) is 0 Å². The topological polar surface area (TPSA) is 58.4 Å². The summed E-state index contributed by atoms with van der Waals surface area (Å²) in [5.74, 6) is 0.416. The molecule has 0 saturated heterocycles. The third-order valence-electron chi connectivity index (χ3n) is 3.69. The number of hydrogen-bond acceptors (Lipinski definition) is 3. The summed E-state index contributed by atoms with van der Waals surface area (Å²) in [4.78, 5) is 13.7. The Morgan fingerprint density at radius 1 is 1.53 bits per heavy atom. The summed E-state index contributed by atoms with van der Waals surface area (Å²) in [6.45, 7) is 5.30. The number of carbonyl (C=O) groups excluding carboxylic acids is 1. The number of rotatable bonds is 4. The van der Waals surface area contributed by atoms with Crippen LogP contribution in [-0.4, -0.2) is 19.5 Å². The van der Waals surface area contributed by atoms with E-state index < -0.39 is 6.04 Å². The van der Waals surface area contributed by atoms with E-state index in [4.69, 9.17) is 17.3 Å². The van der Waals surface area contributed by atoms with Gasteiger partial charge in [-0.1, -0.05) is 31.9 Å². The molecule has 0 bridgehead atoms. The normalized spacial score (nSPS) is 19.0. The maximum absolute atomic E-state index is 11.6. The minimum Gasteiger partial charge on any atom is -0.373 e. The number of nitrogens with one attached hydrogen (secondary N) is 1. The highest BCUT2D eigenvalue weighted by Gasteiger charge is 2.28. The molecule has 1 aromatic carbocycles. The Bertz CT molecular complexity index is 504. The molecule has 4 nitrogen and oxygen atoms in total. The van der Waals surface area contributed by atoms with Crippen LogP contribution in [0.5, 0.6) is 0 Å². The van der Waals surface area contributed by atoms with Gasteiger partial charge in [0.1, 0.15) is 6.04 Å². The van der Waals surface area contributed by atoms with E-state index in [9.17, 15) is 4.79 Å². The van der Waals surface area contributed by atoms with E-state index in [2.05, 4.69) is 24.1 Å². The third-order valence-corrected chi connectivity index (χ3v) is 3.99. The van der Waals surface area contributed by atoms with Crippen LogP contribution in [0.2, 0.25) is 5.02 Å². The number of nitrogens with zero attached hydrogens (tertiary/aromatic N) is 1. The van der Waals surface area contributed by atoms with E-state index in [1.54, 1.807) is 6.07 Å². The first kappa shape index (κ1) is 14.2. The summed E-state index contributed by atoms with van der Waals surface area (Å²) in [5.41, 5.74) is 8.27. The van der Waals surface area contributed by atoms with Crippen molar-refractivity contribution in [3.8, 4) is 0 Å².